The van der Waals surface area contributed by atoms with E-state index in [-0.39, 0.29) is 18.2 Å². The number of likely N-dealkylation sites (tertiary alicyclic amines) is 1. The summed E-state index contributed by atoms with van der Waals surface area (Å²) in [6.07, 6.45) is -2.59. The zero-order valence-electron chi connectivity index (χ0n) is 19.2. The predicted octanol–water partition coefficient (Wildman–Crippen LogP) is 4.50. The van der Waals surface area contributed by atoms with Crippen LogP contribution < -0.4 is 5.32 Å². The van der Waals surface area contributed by atoms with Gasteiger partial charge >= 0.3 is 0 Å². The first-order chi connectivity index (χ1) is 17.3. The highest BCUT2D eigenvalue weighted by molar-refractivity contribution is 6.33. The molecule has 3 aromatic rings. The Kier molecular flexibility index (Phi) is 8.26. The first-order valence-corrected chi connectivity index (χ1v) is 12.2. The summed E-state index contributed by atoms with van der Waals surface area (Å²) in [7, 11) is 0. The fourth-order valence-corrected chi connectivity index (χ4v) is 4.82. The molecule has 0 bridgehead atoms. The summed E-state index contributed by atoms with van der Waals surface area (Å²) in [5, 5.41) is 24.2. The van der Waals surface area contributed by atoms with E-state index in [9.17, 15) is 24.2 Å². The molecule has 0 aromatic heterocycles. The van der Waals surface area contributed by atoms with Crippen LogP contribution in [0.3, 0.4) is 0 Å². The Morgan fingerprint density at radius 1 is 1.03 bits per heavy atom. The Balaban J connectivity index is 1.38. The molecule has 1 aliphatic heterocycles. The number of aliphatic hydroxyl groups excluding tert-OH is 2. The number of carbonyl (C=O) groups is 2. The van der Waals surface area contributed by atoms with Crippen molar-refractivity contribution in [2.75, 3.05) is 6.54 Å². The van der Waals surface area contributed by atoms with Crippen molar-refractivity contribution in [2.45, 2.75) is 37.6 Å². The molecular weight excluding hydrogens is 506 g/mol. The molecule has 1 fully saturated rings. The molecule has 1 saturated heterocycles. The second-order valence-corrected chi connectivity index (χ2v) is 9.48. The lowest BCUT2D eigenvalue weighted by Crippen LogP contribution is -2.50. The van der Waals surface area contributed by atoms with Crippen LogP contribution in [0, 0.1) is 5.82 Å². The molecule has 1 unspecified atom stereocenters. The second kappa shape index (κ2) is 11.4. The van der Waals surface area contributed by atoms with Crippen LogP contribution in [0.25, 0.3) is 11.1 Å². The van der Waals surface area contributed by atoms with Crippen LogP contribution in [0.5, 0.6) is 0 Å². The van der Waals surface area contributed by atoms with Crippen molar-refractivity contribution in [3.05, 3.63) is 93.7 Å². The van der Waals surface area contributed by atoms with Crippen LogP contribution >= 0.6 is 23.2 Å². The number of hydrogen-bond donors (Lipinski definition) is 3. The largest absolute Gasteiger partial charge is 0.380 e. The number of halogens is 3. The summed E-state index contributed by atoms with van der Waals surface area (Å²) >= 11 is 12.2. The summed E-state index contributed by atoms with van der Waals surface area (Å²) in [6, 6.07) is 18.3. The van der Waals surface area contributed by atoms with Crippen molar-refractivity contribution in [3.63, 3.8) is 0 Å². The van der Waals surface area contributed by atoms with E-state index < -0.39 is 29.8 Å². The molecule has 4 rings (SSSR count). The Morgan fingerprint density at radius 2 is 1.81 bits per heavy atom. The molecule has 3 atom stereocenters. The molecule has 2 amide bonds. The van der Waals surface area contributed by atoms with Gasteiger partial charge in [0, 0.05) is 34.3 Å². The normalized spacial score (nSPS) is 17.0. The fraction of sp³-hybridized carbons (Fsp3) is 0.259. The highest BCUT2D eigenvalue weighted by atomic mass is 35.5. The average Bonchev–Trinajstić information content (AvgIpc) is 3.37. The van der Waals surface area contributed by atoms with Crippen molar-refractivity contribution in [1.29, 1.82) is 0 Å². The molecule has 9 heteroatoms. The Morgan fingerprint density at radius 3 is 2.53 bits per heavy atom. The molecule has 0 radical (unpaired) electrons. The molecule has 0 aliphatic carbocycles. The minimum atomic E-state index is -2.01. The van der Waals surface area contributed by atoms with Crippen molar-refractivity contribution >= 4 is 35.0 Å². The summed E-state index contributed by atoms with van der Waals surface area (Å²) in [4.78, 5) is 26.8. The summed E-state index contributed by atoms with van der Waals surface area (Å²) in [6.45, 7) is 0.144. The van der Waals surface area contributed by atoms with Gasteiger partial charge in [0.15, 0.2) is 12.2 Å². The maximum absolute atomic E-state index is 14.7. The molecule has 1 aliphatic rings. The molecule has 0 saturated carbocycles. The van der Waals surface area contributed by atoms with Gasteiger partial charge in [0.1, 0.15) is 5.82 Å². The maximum atomic E-state index is 14.7. The number of amides is 2. The van der Waals surface area contributed by atoms with Gasteiger partial charge in [-0.3, -0.25) is 9.59 Å². The number of hydrogen-bond acceptors (Lipinski definition) is 4. The third-order valence-corrected chi connectivity index (χ3v) is 6.85. The van der Waals surface area contributed by atoms with Crippen molar-refractivity contribution in [3.8, 4) is 11.1 Å². The quantitative estimate of drug-likeness (QED) is 0.419. The number of aliphatic hydroxyl groups is 2. The first kappa shape index (κ1) is 26.1. The number of nitrogens with one attached hydrogen (secondary N) is 1. The molecule has 1 heterocycles. The van der Waals surface area contributed by atoms with Crippen molar-refractivity contribution in [2.24, 2.45) is 0 Å². The van der Waals surface area contributed by atoms with E-state index >= 15 is 0 Å². The summed E-state index contributed by atoms with van der Waals surface area (Å²) < 4.78 is 14.7. The zero-order valence-corrected chi connectivity index (χ0v) is 20.7. The van der Waals surface area contributed by atoms with E-state index in [1.165, 1.54) is 17.0 Å². The van der Waals surface area contributed by atoms with Crippen LogP contribution in [0.4, 0.5) is 4.39 Å². The van der Waals surface area contributed by atoms with Gasteiger partial charge in [-0.25, -0.2) is 4.39 Å². The smallest absolute Gasteiger partial charge is 0.255 e. The molecule has 3 aromatic carbocycles. The van der Waals surface area contributed by atoms with Crippen LogP contribution in [0.15, 0.2) is 66.7 Å². The lowest BCUT2D eigenvalue weighted by molar-refractivity contribution is -0.153. The Hall–Kier alpha value is -2.97. The van der Waals surface area contributed by atoms with E-state index in [4.69, 9.17) is 23.2 Å². The minimum Gasteiger partial charge on any atom is -0.380 e. The number of rotatable bonds is 7. The van der Waals surface area contributed by atoms with E-state index in [0.717, 1.165) is 5.56 Å². The van der Waals surface area contributed by atoms with Gasteiger partial charge in [-0.2, -0.15) is 0 Å². The van der Waals surface area contributed by atoms with Crippen LogP contribution in [-0.4, -0.2) is 45.7 Å². The molecule has 3 N–H and O–H groups in total. The molecule has 36 heavy (non-hydrogen) atoms. The summed E-state index contributed by atoms with van der Waals surface area (Å²) in [5.41, 5.74) is 2.24. The second-order valence-electron chi connectivity index (χ2n) is 8.64. The topological polar surface area (TPSA) is 89.9 Å². The van der Waals surface area contributed by atoms with E-state index in [1.54, 1.807) is 48.5 Å². The Labute approximate surface area is 218 Å². The van der Waals surface area contributed by atoms with Gasteiger partial charge < -0.3 is 20.4 Å². The molecular formula is C27H25Cl2FN2O4. The van der Waals surface area contributed by atoms with Gasteiger partial charge in [-0.05, 0) is 48.2 Å². The zero-order chi connectivity index (χ0) is 25.8. The van der Waals surface area contributed by atoms with E-state index in [2.05, 4.69) is 5.32 Å². The van der Waals surface area contributed by atoms with Gasteiger partial charge in [-0.15, -0.1) is 0 Å². The highest BCUT2D eigenvalue weighted by Crippen LogP contribution is 2.34. The van der Waals surface area contributed by atoms with Crippen molar-refractivity contribution in [1.82, 2.24) is 10.2 Å². The predicted molar refractivity (Wildman–Crippen MR) is 136 cm³/mol. The number of carbonyl (C=O) groups excluding carboxylic acids is 2. The van der Waals surface area contributed by atoms with E-state index in [1.807, 2.05) is 6.07 Å². The third kappa shape index (κ3) is 5.71. The molecule has 188 valence electrons. The van der Waals surface area contributed by atoms with Crippen LogP contribution in [-0.2, 0) is 16.1 Å². The molecule has 6 nitrogen and oxygen atoms in total. The van der Waals surface area contributed by atoms with Gasteiger partial charge in [-0.1, -0.05) is 65.7 Å². The first-order valence-electron chi connectivity index (χ1n) is 11.5. The van der Waals surface area contributed by atoms with Gasteiger partial charge in [0.05, 0.1) is 6.04 Å². The lowest BCUT2D eigenvalue weighted by Gasteiger charge is -2.28. The average molecular weight is 531 g/mol. The molecule has 0 spiro atoms. The summed E-state index contributed by atoms with van der Waals surface area (Å²) in [5.74, 6) is -2.31. The van der Waals surface area contributed by atoms with Crippen molar-refractivity contribution < 1.29 is 24.2 Å². The number of nitrogens with zero attached hydrogens (tertiary/aromatic N) is 1. The standard InChI is InChI=1S/C27H25Cl2FN2O4/c28-19-6-3-5-17(13-19)23-9-4-12-32(23)27(36)25(34)24(33)26(35)31-15-18-11-10-16(14-22(18)30)20-7-1-2-8-21(20)29/h1-3,5-8,10-11,13-14,23-25,33-34H,4,9,12,15H2,(H,31,35)/t23?,24-,25-/m1/s1. The monoisotopic (exact) mass is 530 g/mol. The SMILES string of the molecule is O=C(NCc1ccc(-c2ccccc2Cl)cc1F)[C@H](O)[C@@H](O)C(=O)N1CCCC1c1cccc(Cl)c1. The van der Waals surface area contributed by atoms with Crippen LogP contribution in [0.1, 0.15) is 30.0 Å². The van der Waals surface area contributed by atoms with Crippen LogP contribution in [0.2, 0.25) is 10.0 Å². The minimum absolute atomic E-state index is 0.174. The third-order valence-electron chi connectivity index (χ3n) is 6.28. The van der Waals surface area contributed by atoms with Gasteiger partial charge in [0.2, 0.25) is 0 Å². The highest BCUT2D eigenvalue weighted by Gasteiger charge is 2.38. The maximum Gasteiger partial charge on any atom is 0.255 e. The van der Waals surface area contributed by atoms with Gasteiger partial charge in [0.25, 0.3) is 11.8 Å². The lowest BCUT2D eigenvalue weighted by atomic mass is 10.0. The Bertz CT molecular complexity index is 1270. The fourth-order valence-electron chi connectivity index (χ4n) is 4.38. The number of benzene rings is 3. The van der Waals surface area contributed by atoms with E-state index in [0.29, 0.717) is 40.6 Å².